The van der Waals surface area contributed by atoms with Crippen molar-refractivity contribution in [2.75, 3.05) is 13.7 Å². The molecule has 0 unspecified atom stereocenters. The molecule has 0 radical (unpaired) electrons. The number of nitrogens with zero attached hydrogens (tertiary/aromatic N) is 3. The van der Waals surface area contributed by atoms with E-state index in [1.807, 2.05) is 6.07 Å². The predicted octanol–water partition coefficient (Wildman–Crippen LogP) is 1.80. The Morgan fingerprint density at radius 3 is 3.04 bits per heavy atom. The van der Waals surface area contributed by atoms with Gasteiger partial charge < -0.3 is 14.8 Å². The summed E-state index contributed by atoms with van der Waals surface area (Å²) >= 11 is 0. The molecule has 7 heteroatoms. The number of methoxy groups -OCH3 is 1. The summed E-state index contributed by atoms with van der Waals surface area (Å²) < 4.78 is 5.12. The fourth-order valence-electron chi connectivity index (χ4n) is 4.08. The van der Waals surface area contributed by atoms with Crippen LogP contribution in [0, 0.1) is 5.92 Å². The summed E-state index contributed by atoms with van der Waals surface area (Å²) in [5.74, 6) is 0.865. The van der Waals surface area contributed by atoms with Crippen LogP contribution in [0.25, 0.3) is 11.2 Å². The van der Waals surface area contributed by atoms with Crippen LogP contribution in [0.4, 0.5) is 0 Å². The van der Waals surface area contributed by atoms with E-state index in [-0.39, 0.29) is 5.92 Å². The fourth-order valence-corrected chi connectivity index (χ4v) is 4.08. The maximum atomic E-state index is 11.9. The Kier molecular flexibility index (Phi) is 3.26. The van der Waals surface area contributed by atoms with Gasteiger partial charge in [-0.05, 0) is 44.2 Å². The van der Waals surface area contributed by atoms with Crippen LogP contribution in [0.5, 0.6) is 5.88 Å². The van der Waals surface area contributed by atoms with E-state index in [4.69, 9.17) is 4.74 Å². The average Bonchev–Trinajstić information content (AvgIpc) is 2.90. The molecule has 2 aliphatic rings. The molecule has 7 nitrogen and oxygen atoms in total. The summed E-state index contributed by atoms with van der Waals surface area (Å²) in [7, 11) is 1.57. The highest BCUT2D eigenvalue weighted by Gasteiger charge is 2.58. The summed E-state index contributed by atoms with van der Waals surface area (Å²) in [6.07, 6.45) is 3.81. The third kappa shape index (κ3) is 2.10. The zero-order chi connectivity index (χ0) is 16.0. The van der Waals surface area contributed by atoms with Gasteiger partial charge in [-0.2, -0.15) is 4.98 Å². The van der Waals surface area contributed by atoms with E-state index in [9.17, 15) is 9.90 Å². The third-order valence-electron chi connectivity index (χ3n) is 5.38. The number of fused-ring (bicyclic) bond motifs is 2. The quantitative estimate of drug-likeness (QED) is 0.893. The minimum Gasteiger partial charge on any atom is -0.481 e. The number of aromatic amines is 1. The van der Waals surface area contributed by atoms with Crippen LogP contribution >= 0.6 is 0 Å². The second-order valence-corrected chi connectivity index (χ2v) is 6.44. The number of imidazole rings is 1. The number of ether oxygens (including phenoxy) is 1. The second kappa shape index (κ2) is 5.19. The van der Waals surface area contributed by atoms with E-state index in [1.54, 1.807) is 13.2 Å². The molecule has 4 rings (SSSR count). The second-order valence-electron chi connectivity index (χ2n) is 6.44. The van der Waals surface area contributed by atoms with Gasteiger partial charge in [0, 0.05) is 6.07 Å². The Labute approximate surface area is 133 Å². The van der Waals surface area contributed by atoms with Crippen molar-refractivity contribution in [1.82, 2.24) is 19.9 Å². The molecule has 2 aromatic rings. The Morgan fingerprint density at radius 1 is 1.48 bits per heavy atom. The highest BCUT2D eigenvalue weighted by atomic mass is 16.5. The number of rotatable bonds is 4. The molecule has 2 fully saturated rings. The van der Waals surface area contributed by atoms with E-state index in [1.165, 1.54) is 0 Å². The van der Waals surface area contributed by atoms with Crippen molar-refractivity contribution in [1.29, 1.82) is 0 Å². The Bertz CT molecular complexity index is 759. The van der Waals surface area contributed by atoms with E-state index in [2.05, 4.69) is 19.9 Å². The lowest BCUT2D eigenvalue weighted by atomic mass is 9.61. The molecule has 1 aliphatic heterocycles. The van der Waals surface area contributed by atoms with Crippen molar-refractivity contribution < 1.29 is 14.6 Å². The Balaban J connectivity index is 1.62. The first kappa shape index (κ1) is 14.4. The molecule has 0 bridgehead atoms. The summed E-state index contributed by atoms with van der Waals surface area (Å²) in [6, 6.07) is 3.67. The number of nitrogens with one attached hydrogen (secondary N) is 1. The number of pyridine rings is 1. The van der Waals surface area contributed by atoms with Gasteiger partial charge in [0.05, 0.1) is 19.2 Å². The number of carbonyl (C=O) groups is 1. The van der Waals surface area contributed by atoms with Crippen molar-refractivity contribution in [3.05, 3.63) is 18.0 Å². The van der Waals surface area contributed by atoms with Gasteiger partial charge in [-0.3, -0.25) is 9.69 Å². The summed E-state index contributed by atoms with van der Waals surface area (Å²) in [5.41, 5.74) is 0.751. The molecule has 0 spiro atoms. The van der Waals surface area contributed by atoms with Gasteiger partial charge in [0.15, 0.2) is 5.65 Å². The van der Waals surface area contributed by atoms with Gasteiger partial charge >= 0.3 is 5.97 Å². The lowest BCUT2D eigenvalue weighted by Crippen LogP contribution is -2.67. The molecule has 2 atom stereocenters. The minimum atomic E-state index is -0.692. The predicted molar refractivity (Wildman–Crippen MR) is 83.2 cm³/mol. The number of aliphatic carboxylic acids is 1. The average molecular weight is 316 g/mol. The van der Waals surface area contributed by atoms with Crippen LogP contribution in [-0.4, -0.2) is 50.1 Å². The van der Waals surface area contributed by atoms with Crippen molar-refractivity contribution in [2.45, 2.75) is 37.8 Å². The van der Waals surface area contributed by atoms with Crippen LogP contribution in [0.3, 0.4) is 0 Å². The van der Waals surface area contributed by atoms with Gasteiger partial charge in [-0.25, -0.2) is 4.98 Å². The van der Waals surface area contributed by atoms with Crippen molar-refractivity contribution in [2.24, 2.45) is 5.92 Å². The number of hydrogen-bond donors (Lipinski definition) is 2. The zero-order valence-corrected chi connectivity index (χ0v) is 13.1. The van der Waals surface area contributed by atoms with Crippen LogP contribution < -0.4 is 4.74 Å². The molecule has 1 aliphatic carbocycles. The smallest absolute Gasteiger partial charge is 0.324 e. The van der Waals surface area contributed by atoms with Gasteiger partial charge in [-0.15, -0.1) is 0 Å². The molecular weight excluding hydrogens is 296 g/mol. The highest BCUT2D eigenvalue weighted by Crippen LogP contribution is 2.49. The molecule has 1 saturated carbocycles. The lowest BCUT2D eigenvalue weighted by Gasteiger charge is -2.56. The number of likely N-dealkylation sites (tertiary alicyclic amines) is 1. The third-order valence-corrected chi connectivity index (χ3v) is 5.38. The lowest BCUT2D eigenvalue weighted by molar-refractivity contribution is -0.173. The Morgan fingerprint density at radius 2 is 2.35 bits per heavy atom. The summed E-state index contributed by atoms with van der Waals surface area (Å²) in [6.45, 7) is 1.32. The first-order chi connectivity index (χ1) is 11.1. The summed E-state index contributed by atoms with van der Waals surface area (Å²) in [5, 5.41) is 9.77. The van der Waals surface area contributed by atoms with Crippen LogP contribution in [0.2, 0.25) is 0 Å². The number of aromatic nitrogens is 3. The number of hydrogen-bond acceptors (Lipinski definition) is 5. The standard InChI is InChI=1S/C16H20N4O3/c1-23-13-5-4-11-14(19-13)18-12(17-11)9-20-8-2-3-10-6-7-16(10,20)15(21)22/h4-5,10H,2-3,6-9H2,1H3,(H,21,22)(H,17,18,19)/t10-,16+/m1/s1. The van der Waals surface area contributed by atoms with Gasteiger partial charge in [0.1, 0.15) is 11.4 Å². The van der Waals surface area contributed by atoms with Crippen molar-refractivity contribution in [3.63, 3.8) is 0 Å². The highest BCUT2D eigenvalue weighted by molar-refractivity contribution is 5.81. The molecule has 3 heterocycles. The molecule has 2 N–H and O–H groups in total. The van der Waals surface area contributed by atoms with Crippen molar-refractivity contribution >= 4 is 17.1 Å². The number of carboxylic acids is 1. The first-order valence-corrected chi connectivity index (χ1v) is 8.01. The first-order valence-electron chi connectivity index (χ1n) is 8.01. The van der Waals surface area contributed by atoms with Crippen molar-refractivity contribution in [3.8, 4) is 5.88 Å². The molecule has 2 aromatic heterocycles. The summed E-state index contributed by atoms with van der Waals surface area (Å²) in [4.78, 5) is 26.0. The fraction of sp³-hybridized carbons (Fsp3) is 0.562. The molecule has 122 valence electrons. The van der Waals surface area contributed by atoms with Gasteiger partial charge in [-0.1, -0.05) is 0 Å². The van der Waals surface area contributed by atoms with Gasteiger partial charge in [0.2, 0.25) is 5.88 Å². The molecule has 1 saturated heterocycles. The molecule has 0 aromatic carbocycles. The van der Waals surface area contributed by atoms with E-state index < -0.39 is 11.5 Å². The van der Waals surface area contributed by atoms with Gasteiger partial charge in [0.25, 0.3) is 0 Å². The number of carboxylic acid groups (broad SMARTS) is 1. The largest absolute Gasteiger partial charge is 0.481 e. The van der Waals surface area contributed by atoms with Crippen LogP contribution in [0.1, 0.15) is 31.5 Å². The van der Waals surface area contributed by atoms with E-state index >= 15 is 0 Å². The Hall–Kier alpha value is -2.15. The van der Waals surface area contributed by atoms with E-state index in [0.29, 0.717) is 18.1 Å². The van der Waals surface area contributed by atoms with E-state index in [0.717, 1.165) is 43.6 Å². The topological polar surface area (TPSA) is 91.3 Å². The SMILES string of the molecule is COc1ccc2[nH]c(CN3CCC[C@@H]4CC[C@@]43C(=O)O)nc2n1. The number of H-pyrrole nitrogens is 1. The zero-order valence-electron chi connectivity index (χ0n) is 13.1. The normalized spacial score (nSPS) is 27.4. The molecule has 0 amide bonds. The van der Waals surface area contributed by atoms with Crippen LogP contribution in [-0.2, 0) is 11.3 Å². The maximum Gasteiger partial charge on any atom is 0.324 e. The minimum absolute atomic E-state index is 0.274. The monoisotopic (exact) mass is 316 g/mol. The molecular formula is C16H20N4O3. The van der Waals surface area contributed by atoms with Crippen LogP contribution in [0.15, 0.2) is 12.1 Å². The number of piperidine rings is 1. The maximum absolute atomic E-state index is 11.9. The molecule has 23 heavy (non-hydrogen) atoms.